The monoisotopic (exact) mass is 446 g/mol. The van der Waals surface area contributed by atoms with E-state index in [1.165, 1.54) is 34.8 Å². The van der Waals surface area contributed by atoms with Gasteiger partial charge in [0.1, 0.15) is 6.10 Å². The van der Waals surface area contributed by atoms with Crippen molar-refractivity contribution in [2.75, 3.05) is 0 Å². The summed E-state index contributed by atoms with van der Waals surface area (Å²) in [5.74, 6) is -0.844. The van der Waals surface area contributed by atoms with E-state index in [-0.39, 0.29) is 18.2 Å². The zero-order valence-corrected chi connectivity index (χ0v) is 17.5. The summed E-state index contributed by atoms with van der Waals surface area (Å²) >= 11 is 0. The molecule has 0 radical (unpaired) electrons. The number of fused-ring (bicyclic) bond motifs is 3. The molecule has 6 heterocycles. The second kappa shape index (κ2) is 5.95. The van der Waals surface area contributed by atoms with Crippen molar-refractivity contribution in [1.82, 2.24) is 9.80 Å². The number of amides is 2. The van der Waals surface area contributed by atoms with Crippen LogP contribution in [0.2, 0.25) is 0 Å². The van der Waals surface area contributed by atoms with E-state index >= 15 is 0 Å². The number of nitrogens with zero attached hydrogens (tertiary/aromatic N) is 2. The molecule has 5 fully saturated rings. The summed E-state index contributed by atoms with van der Waals surface area (Å²) in [5, 5.41) is 10.6. The Morgan fingerprint density at radius 3 is 2.50 bits per heavy atom. The zero-order chi connectivity index (χ0) is 20.8. The van der Waals surface area contributed by atoms with Crippen molar-refractivity contribution in [3.8, 4) is 0 Å². The van der Waals surface area contributed by atoms with Crippen LogP contribution in [0.15, 0.2) is 48.0 Å². The molecule has 7 aliphatic rings. The summed E-state index contributed by atoms with van der Waals surface area (Å²) in [7, 11) is 2.79. The van der Waals surface area contributed by atoms with Gasteiger partial charge in [0.05, 0.1) is 30.7 Å². The fourth-order valence-electron chi connectivity index (χ4n) is 5.42. The van der Waals surface area contributed by atoms with Gasteiger partial charge in [-0.2, -0.15) is 0 Å². The third kappa shape index (κ3) is 2.06. The fraction of sp³-hybridized carbons (Fsp3) is 0.450. The molecular weight excluding hydrogens is 428 g/mol. The van der Waals surface area contributed by atoms with Crippen LogP contribution in [0.3, 0.4) is 0 Å². The number of esters is 1. The summed E-state index contributed by atoms with van der Waals surface area (Å²) in [6.45, 7) is 1.32. The molecule has 1 N–H and O–H groups in total. The number of rotatable bonds is 1. The molecule has 30 heavy (non-hydrogen) atoms. The lowest BCUT2D eigenvalue weighted by Gasteiger charge is -2.58. The second-order valence-corrected chi connectivity index (χ2v) is 10.9. The van der Waals surface area contributed by atoms with Gasteiger partial charge in [-0.25, -0.2) is 0 Å². The lowest BCUT2D eigenvalue weighted by atomic mass is 9.96. The average molecular weight is 447 g/mol. The predicted molar refractivity (Wildman–Crippen MR) is 108 cm³/mol. The number of carbonyl (C=O) groups excluding carboxylic acids is 3. The molecule has 7 rings (SSSR count). The molecule has 5 saturated heterocycles. The first kappa shape index (κ1) is 18.6. The quantitative estimate of drug-likeness (QED) is 0.474. The number of hydrogen-bond acceptors (Lipinski definition) is 8. The van der Waals surface area contributed by atoms with E-state index < -0.39 is 40.0 Å². The summed E-state index contributed by atoms with van der Waals surface area (Å²) < 4.78 is 10.9. The Hall–Kier alpha value is -2.17. The Balaban J connectivity index is 1.49. The van der Waals surface area contributed by atoms with Crippen LogP contribution in [0.4, 0.5) is 0 Å². The van der Waals surface area contributed by atoms with Gasteiger partial charge in [0.2, 0.25) is 0 Å². The summed E-state index contributed by atoms with van der Waals surface area (Å²) in [6, 6.07) is -1.13. The second-order valence-electron chi connectivity index (χ2n) is 8.18. The maximum Gasteiger partial charge on any atom is 0.303 e. The van der Waals surface area contributed by atoms with Gasteiger partial charge >= 0.3 is 5.97 Å². The van der Waals surface area contributed by atoms with E-state index in [4.69, 9.17) is 9.47 Å². The first-order valence-corrected chi connectivity index (χ1v) is 11.8. The number of piperazine rings is 1. The van der Waals surface area contributed by atoms with E-state index in [1.807, 2.05) is 6.08 Å². The lowest BCUT2D eigenvalue weighted by molar-refractivity contribution is -0.170. The van der Waals surface area contributed by atoms with Gasteiger partial charge in [-0.15, -0.1) is 0 Å². The molecule has 0 aromatic carbocycles. The Morgan fingerprint density at radius 1 is 1.13 bits per heavy atom. The van der Waals surface area contributed by atoms with Crippen molar-refractivity contribution in [2.45, 2.75) is 53.8 Å². The van der Waals surface area contributed by atoms with Crippen LogP contribution in [0, 0.1) is 0 Å². The van der Waals surface area contributed by atoms with Gasteiger partial charge in [-0.3, -0.25) is 14.4 Å². The van der Waals surface area contributed by atoms with Gasteiger partial charge in [-0.1, -0.05) is 39.8 Å². The maximum atomic E-state index is 14.0. The van der Waals surface area contributed by atoms with E-state index in [0.29, 0.717) is 6.42 Å². The van der Waals surface area contributed by atoms with Gasteiger partial charge in [0.15, 0.2) is 9.74 Å². The molecule has 0 saturated carbocycles. The van der Waals surface area contributed by atoms with Gasteiger partial charge < -0.3 is 24.4 Å². The molecule has 2 amide bonds. The van der Waals surface area contributed by atoms with Crippen molar-refractivity contribution in [3.05, 3.63) is 48.0 Å². The van der Waals surface area contributed by atoms with Crippen LogP contribution in [0.5, 0.6) is 0 Å². The standard InChI is InChI=1S/C20H18N2O6S2/c1-10(23)28-14-5-6-27-9-12-8-20-17(25)21-15-11(3-2-4-13(15)24)7-19(21,29-30-20)18(26)22(20)16(12)14/h2-6,9,13-16,24H,7-8H2,1H3/t13-,14-,15-,16-,19+,20?/m0/s1. The lowest BCUT2D eigenvalue weighted by Crippen LogP contribution is -2.77. The van der Waals surface area contributed by atoms with Crippen LogP contribution >= 0.6 is 21.6 Å². The van der Waals surface area contributed by atoms with E-state index in [0.717, 1.165) is 11.1 Å². The number of ether oxygens (including phenoxy) is 2. The summed E-state index contributed by atoms with van der Waals surface area (Å²) in [4.78, 5) is 40.6. The molecule has 0 aromatic heterocycles. The zero-order valence-electron chi connectivity index (χ0n) is 15.9. The largest absolute Gasteiger partial charge is 0.473 e. The Bertz CT molecular complexity index is 1020. The van der Waals surface area contributed by atoms with Crippen molar-refractivity contribution < 1.29 is 29.0 Å². The van der Waals surface area contributed by atoms with Crippen LogP contribution in [-0.4, -0.2) is 66.7 Å². The van der Waals surface area contributed by atoms with Crippen molar-refractivity contribution >= 4 is 39.4 Å². The van der Waals surface area contributed by atoms with Crippen molar-refractivity contribution in [3.63, 3.8) is 0 Å². The maximum absolute atomic E-state index is 14.0. The molecule has 156 valence electrons. The highest BCUT2D eigenvalue weighted by Crippen LogP contribution is 2.69. The highest BCUT2D eigenvalue weighted by Gasteiger charge is 2.77. The Labute approximate surface area is 180 Å². The van der Waals surface area contributed by atoms with Crippen molar-refractivity contribution in [2.24, 2.45) is 0 Å². The van der Waals surface area contributed by atoms with Crippen LogP contribution in [0.1, 0.15) is 19.8 Å². The fourth-order valence-corrected chi connectivity index (χ4v) is 9.13. The van der Waals surface area contributed by atoms with Gasteiger partial charge in [-0.05, 0) is 17.2 Å². The predicted octanol–water partition coefficient (Wildman–Crippen LogP) is 1.21. The molecule has 6 aliphatic heterocycles. The molecule has 1 aliphatic carbocycles. The first-order valence-electron chi connectivity index (χ1n) is 9.67. The smallest absolute Gasteiger partial charge is 0.303 e. The Morgan fingerprint density at radius 2 is 1.80 bits per heavy atom. The molecule has 10 heteroatoms. The third-order valence-electron chi connectivity index (χ3n) is 6.53. The minimum Gasteiger partial charge on any atom is -0.473 e. The molecule has 6 atom stereocenters. The van der Waals surface area contributed by atoms with Gasteiger partial charge in [0.25, 0.3) is 11.8 Å². The number of carbonyl (C=O) groups is 3. The van der Waals surface area contributed by atoms with E-state index in [1.54, 1.807) is 34.3 Å². The number of aliphatic hydroxyl groups excluding tert-OH is 1. The molecule has 2 bridgehead atoms. The highest BCUT2D eigenvalue weighted by molar-refractivity contribution is 8.78. The van der Waals surface area contributed by atoms with Crippen LogP contribution in [-0.2, 0) is 23.9 Å². The number of allylic oxidation sites excluding steroid dienone is 2. The Kier molecular flexibility index (Phi) is 3.69. The minimum atomic E-state index is -1.15. The molecule has 8 nitrogen and oxygen atoms in total. The SMILES string of the molecule is CC(=O)O[C@H]1C=COC=C2CC34SS[C@]5(CC6=CC=C[C@H](O)[C@H]6N5C3=O)C(=O)N4[C@@H]21. The molecule has 1 unspecified atom stereocenters. The first-order chi connectivity index (χ1) is 14.4. The highest BCUT2D eigenvalue weighted by atomic mass is 33.1. The van der Waals surface area contributed by atoms with E-state index in [9.17, 15) is 19.5 Å². The molecule has 2 spiro atoms. The average Bonchev–Trinajstić information content (AvgIpc) is 3.16. The number of aliphatic hydroxyl groups is 1. The molecular formula is C20H18N2O6S2. The molecule has 0 aromatic rings. The van der Waals surface area contributed by atoms with Crippen molar-refractivity contribution in [1.29, 1.82) is 0 Å². The summed E-state index contributed by atoms with van der Waals surface area (Å²) in [6.07, 6.45) is 8.96. The minimum absolute atomic E-state index is 0.186. The van der Waals surface area contributed by atoms with Crippen LogP contribution in [0.25, 0.3) is 0 Å². The third-order valence-corrected chi connectivity index (χ3v) is 10.1. The summed E-state index contributed by atoms with van der Waals surface area (Å²) in [5.41, 5.74) is 1.62. The van der Waals surface area contributed by atoms with E-state index in [2.05, 4.69) is 0 Å². The normalized spacial score (nSPS) is 42.6. The topological polar surface area (TPSA) is 96.4 Å². The number of hydrogen-bond donors (Lipinski definition) is 1. The van der Waals surface area contributed by atoms with Crippen LogP contribution < -0.4 is 0 Å². The van der Waals surface area contributed by atoms with Gasteiger partial charge in [0, 0.05) is 19.8 Å².